The van der Waals surface area contributed by atoms with Crippen molar-refractivity contribution in [2.45, 2.75) is 26.2 Å². The van der Waals surface area contributed by atoms with Crippen LogP contribution in [0.4, 0.5) is 52.1 Å². The number of alkyl halides is 6. The third kappa shape index (κ3) is 6.17. The van der Waals surface area contributed by atoms with Gasteiger partial charge in [0, 0.05) is 0 Å². The molecule has 34 heavy (non-hydrogen) atoms. The van der Waals surface area contributed by atoms with Gasteiger partial charge < -0.3 is 9.47 Å². The van der Waals surface area contributed by atoms with Gasteiger partial charge in [-0.25, -0.2) is 14.4 Å². The highest BCUT2D eigenvalue weighted by Crippen LogP contribution is 2.33. The van der Waals surface area contributed by atoms with Crippen LogP contribution in [-0.2, 0) is 21.8 Å². The molecule has 2 aromatic carbocycles. The second-order valence-corrected chi connectivity index (χ2v) is 6.44. The van der Waals surface area contributed by atoms with Crippen LogP contribution in [0.5, 0.6) is 0 Å². The van der Waals surface area contributed by atoms with Crippen LogP contribution >= 0.6 is 0 Å². The van der Waals surface area contributed by atoms with Gasteiger partial charge in [0.05, 0.1) is 35.7 Å². The maximum absolute atomic E-state index is 13.2. The summed E-state index contributed by atoms with van der Waals surface area (Å²) in [4.78, 5) is 38.8. The summed E-state index contributed by atoms with van der Waals surface area (Å²) in [5, 5.41) is 0. The molecule has 0 saturated heterocycles. The standard InChI is InChI=1S/C21H18F6N2O5/c1-3-33-18(31)28(15-9-5-13(6-10-15)20(22,23)24)17(30)29(19(32)34-4-2)16-11-7-14(8-12-16)21(25,26)27/h5-12H,3-4H2,1-2H3. The van der Waals surface area contributed by atoms with E-state index in [1.54, 1.807) is 0 Å². The Morgan fingerprint density at radius 3 is 1.18 bits per heavy atom. The first-order chi connectivity index (χ1) is 15.8. The zero-order valence-electron chi connectivity index (χ0n) is 17.7. The van der Waals surface area contributed by atoms with Gasteiger partial charge in [0.1, 0.15) is 0 Å². The van der Waals surface area contributed by atoms with E-state index in [2.05, 4.69) is 0 Å². The van der Waals surface area contributed by atoms with Gasteiger partial charge in [-0.3, -0.25) is 0 Å². The van der Waals surface area contributed by atoms with Gasteiger partial charge in [0.2, 0.25) is 0 Å². The number of hydrogen-bond acceptors (Lipinski definition) is 5. The molecule has 0 aliphatic heterocycles. The third-order valence-electron chi connectivity index (χ3n) is 4.19. The molecule has 0 aromatic heterocycles. The number of amides is 4. The lowest BCUT2D eigenvalue weighted by atomic mass is 10.2. The average Bonchev–Trinajstić information content (AvgIpc) is 2.74. The number of halogens is 6. The number of ether oxygens (including phenoxy) is 2. The highest BCUT2D eigenvalue weighted by Gasteiger charge is 2.37. The van der Waals surface area contributed by atoms with Gasteiger partial charge in [0.15, 0.2) is 0 Å². The molecule has 0 N–H and O–H groups in total. The van der Waals surface area contributed by atoms with Gasteiger partial charge in [-0.05, 0) is 62.4 Å². The van der Waals surface area contributed by atoms with E-state index in [1.807, 2.05) is 0 Å². The summed E-state index contributed by atoms with van der Waals surface area (Å²) < 4.78 is 86.9. The van der Waals surface area contributed by atoms with E-state index in [0.717, 1.165) is 24.3 Å². The Hall–Kier alpha value is -3.77. The second kappa shape index (κ2) is 10.4. The lowest BCUT2D eigenvalue weighted by Crippen LogP contribution is -2.50. The van der Waals surface area contributed by atoms with Crippen LogP contribution < -0.4 is 9.80 Å². The Labute approximate surface area is 189 Å². The van der Waals surface area contributed by atoms with E-state index in [4.69, 9.17) is 9.47 Å². The monoisotopic (exact) mass is 492 g/mol. The normalized spacial score (nSPS) is 11.5. The number of hydrogen-bond donors (Lipinski definition) is 0. The van der Waals surface area contributed by atoms with Gasteiger partial charge in [-0.1, -0.05) is 0 Å². The van der Waals surface area contributed by atoms with Crippen molar-refractivity contribution in [3.8, 4) is 0 Å². The molecule has 0 heterocycles. The molecule has 0 bridgehead atoms. The average molecular weight is 492 g/mol. The Morgan fingerprint density at radius 1 is 0.647 bits per heavy atom. The molecule has 0 saturated carbocycles. The van der Waals surface area contributed by atoms with Crippen LogP contribution in [0.15, 0.2) is 48.5 Å². The minimum Gasteiger partial charge on any atom is -0.449 e. The number of urea groups is 1. The van der Waals surface area contributed by atoms with Crippen molar-refractivity contribution in [2.24, 2.45) is 0 Å². The van der Waals surface area contributed by atoms with Crippen molar-refractivity contribution in [1.82, 2.24) is 0 Å². The Balaban J connectivity index is 2.56. The molecule has 0 spiro atoms. The topological polar surface area (TPSA) is 76.2 Å². The maximum atomic E-state index is 13.2. The van der Waals surface area contributed by atoms with Gasteiger partial charge in [-0.2, -0.15) is 36.1 Å². The summed E-state index contributed by atoms with van der Waals surface area (Å²) >= 11 is 0. The third-order valence-corrected chi connectivity index (χ3v) is 4.19. The molecule has 2 aromatic rings. The zero-order chi connectivity index (χ0) is 25.7. The molecule has 7 nitrogen and oxygen atoms in total. The predicted octanol–water partition coefficient (Wildman–Crippen LogP) is 6.47. The van der Waals surface area contributed by atoms with Crippen molar-refractivity contribution in [1.29, 1.82) is 0 Å². The minimum absolute atomic E-state index is 0.233. The van der Waals surface area contributed by atoms with Crippen LogP contribution in [0, 0.1) is 0 Å². The lowest BCUT2D eigenvalue weighted by molar-refractivity contribution is -0.138. The van der Waals surface area contributed by atoms with Crippen molar-refractivity contribution in [3.63, 3.8) is 0 Å². The zero-order valence-corrected chi connectivity index (χ0v) is 17.7. The highest BCUT2D eigenvalue weighted by molar-refractivity contribution is 6.24. The molecule has 0 aliphatic carbocycles. The van der Waals surface area contributed by atoms with Gasteiger partial charge in [0.25, 0.3) is 0 Å². The maximum Gasteiger partial charge on any atom is 0.422 e. The number of benzene rings is 2. The fourth-order valence-corrected chi connectivity index (χ4v) is 2.66. The molecule has 0 unspecified atom stereocenters. The highest BCUT2D eigenvalue weighted by atomic mass is 19.4. The van der Waals surface area contributed by atoms with Crippen LogP contribution in [0.3, 0.4) is 0 Å². The second-order valence-electron chi connectivity index (χ2n) is 6.44. The fraction of sp³-hybridized carbons (Fsp3) is 0.286. The van der Waals surface area contributed by atoms with Crippen LogP contribution in [-0.4, -0.2) is 31.4 Å². The van der Waals surface area contributed by atoms with E-state index in [1.165, 1.54) is 13.8 Å². The predicted molar refractivity (Wildman–Crippen MR) is 107 cm³/mol. The fourth-order valence-electron chi connectivity index (χ4n) is 2.66. The number of carbonyl (C=O) groups is 3. The SMILES string of the molecule is CCOC(=O)N(C(=O)N(C(=O)OCC)c1ccc(C(F)(F)F)cc1)c1ccc(C(F)(F)F)cc1. The van der Waals surface area contributed by atoms with Crippen LogP contribution in [0.2, 0.25) is 0 Å². The quantitative estimate of drug-likeness (QED) is 0.458. The molecule has 0 fully saturated rings. The molecule has 4 amide bonds. The first-order valence-electron chi connectivity index (χ1n) is 9.63. The molecule has 0 atom stereocenters. The molecule has 0 aliphatic rings. The lowest BCUT2D eigenvalue weighted by Gasteiger charge is -2.27. The minimum atomic E-state index is -4.70. The first kappa shape index (κ1) is 26.5. The van der Waals surface area contributed by atoms with Crippen molar-refractivity contribution >= 4 is 29.6 Å². The van der Waals surface area contributed by atoms with E-state index in [0.29, 0.717) is 24.3 Å². The summed E-state index contributed by atoms with van der Waals surface area (Å²) in [7, 11) is 0. The van der Waals surface area contributed by atoms with E-state index < -0.39 is 53.1 Å². The molecule has 0 radical (unpaired) electrons. The summed E-state index contributed by atoms with van der Waals surface area (Å²) in [6.45, 7) is 2.32. The van der Waals surface area contributed by atoms with Crippen LogP contribution in [0.1, 0.15) is 25.0 Å². The Kier molecular flexibility index (Phi) is 8.13. The number of rotatable bonds is 4. The summed E-state index contributed by atoms with van der Waals surface area (Å²) in [5.74, 6) is 0. The molecular weight excluding hydrogens is 474 g/mol. The van der Waals surface area contributed by atoms with Gasteiger partial charge in [-0.15, -0.1) is 0 Å². The van der Waals surface area contributed by atoms with E-state index in [-0.39, 0.29) is 23.0 Å². The van der Waals surface area contributed by atoms with Crippen molar-refractivity contribution in [3.05, 3.63) is 59.7 Å². The van der Waals surface area contributed by atoms with E-state index >= 15 is 0 Å². The summed E-state index contributed by atoms with van der Waals surface area (Å²) in [6.07, 6.45) is -12.1. The summed E-state index contributed by atoms with van der Waals surface area (Å²) in [6, 6.07) is 4.15. The van der Waals surface area contributed by atoms with Crippen molar-refractivity contribution in [2.75, 3.05) is 23.0 Å². The first-order valence-corrected chi connectivity index (χ1v) is 9.63. The summed E-state index contributed by atoms with van der Waals surface area (Å²) in [5.41, 5.74) is -2.93. The number of nitrogens with zero attached hydrogens (tertiary/aromatic N) is 2. The van der Waals surface area contributed by atoms with Gasteiger partial charge >= 0.3 is 30.6 Å². The van der Waals surface area contributed by atoms with E-state index in [9.17, 15) is 40.7 Å². The number of imide groups is 2. The number of anilines is 2. The molecule has 2 rings (SSSR count). The van der Waals surface area contributed by atoms with Crippen molar-refractivity contribution < 1.29 is 50.2 Å². The largest absolute Gasteiger partial charge is 0.449 e. The molecule has 13 heteroatoms. The Bertz CT molecular complexity index is 938. The molecular formula is C21H18F6N2O5. The Morgan fingerprint density at radius 2 is 0.941 bits per heavy atom. The number of carbonyl (C=O) groups excluding carboxylic acids is 3. The molecule has 184 valence electrons. The smallest absolute Gasteiger partial charge is 0.422 e. The van der Waals surface area contributed by atoms with Crippen LogP contribution in [0.25, 0.3) is 0 Å².